The van der Waals surface area contributed by atoms with Crippen molar-refractivity contribution < 1.29 is 14.3 Å². The number of carbonyl (C=O) groups is 1. The molecule has 0 N–H and O–H groups in total. The molecule has 0 aliphatic carbocycles. The van der Waals surface area contributed by atoms with E-state index in [0.717, 1.165) is 36.3 Å². The molecule has 1 aliphatic heterocycles. The number of hydrogen-bond acceptors (Lipinski definition) is 5. The maximum Gasteiger partial charge on any atom is 0.317 e. The highest BCUT2D eigenvalue weighted by Gasteiger charge is 2.42. The van der Waals surface area contributed by atoms with Crippen molar-refractivity contribution in [2.45, 2.75) is 44.6 Å². The van der Waals surface area contributed by atoms with Crippen LogP contribution >= 0.6 is 11.6 Å². The van der Waals surface area contributed by atoms with E-state index in [2.05, 4.69) is 10.1 Å². The molecule has 152 valence electrons. The molecule has 1 fully saturated rings. The standard InChI is InChI=1S/C22H24ClN3O3/c1-3-28-21(27)22(2,13-17-5-4-12-29-17)19-10-11-24-20-18(14-25-26(19)20)15-6-8-16(23)9-7-15/h6-11,14,17H,3-5,12-13H2,1-2H3. The van der Waals surface area contributed by atoms with Gasteiger partial charge in [-0.3, -0.25) is 4.79 Å². The topological polar surface area (TPSA) is 65.7 Å². The average molecular weight is 414 g/mol. The number of benzene rings is 1. The molecule has 1 aromatic carbocycles. The Morgan fingerprint density at radius 3 is 2.83 bits per heavy atom. The summed E-state index contributed by atoms with van der Waals surface area (Å²) in [6.07, 6.45) is 6.02. The van der Waals surface area contributed by atoms with E-state index in [9.17, 15) is 4.79 Å². The van der Waals surface area contributed by atoms with E-state index in [4.69, 9.17) is 21.1 Å². The molecule has 6 nitrogen and oxygen atoms in total. The molecule has 3 heterocycles. The van der Waals surface area contributed by atoms with Crippen LogP contribution < -0.4 is 0 Å². The van der Waals surface area contributed by atoms with Gasteiger partial charge in [0.2, 0.25) is 0 Å². The van der Waals surface area contributed by atoms with Gasteiger partial charge >= 0.3 is 5.97 Å². The van der Waals surface area contributed by atoms with E-state index in [1.807, 2.05) is 44.2 Å². The number of ether oxygens (including phenoxy) is 2. The molecular weight excluding hydrogens is 390 g/mol. The van der Waals surface area contributed by atoms with Gasteiger partial charge in [-0.25, -0.2) is 9.50 Å². The van der Waals surface area contributed by atoms with Crippen LogP contribution in [0, 0.1) is 0 Å². The number of rotatable bonds is 6. The summed E-state index contributed by atoms with van der Waals surface area (Å²) >= 11 is 6.02. The van der Waals surface area contributed by atoms with Crippen LogP contribution in [-0.4, -0.2) is 39.9 Å². The third-order valence-electron chi connectivity index (χ3n) is 5.51. The summed E-state index contributed by atoms with van der Waals surface area (Å²) in [6, 6.07) is 9.39. The molecule has 2 unspecified atom stereocenters. The zero-order valence-corrected chi connectivity index (χ0v) is 17.4. The SMILES string of the molecule is CCOC(=O)C(C)(CC1CCCO1)c1ccnc2c(-c3ccc(Cl)cc3)cnn12. The van der Waals surface area contributed by atoms with Crippen LogP contribution in [0.2, 0.25) is 5.02 Å². The quantitative estimate of drug-likeness (QED) is 0.559. The van der Waals surface area contributed by atoms with Crippen molar-refractivity contribution in [3.63, 3.8) is 0 Å². The Kier molecular flexibility index (Phi) is 5.56. The predicted molar refractivity (Wildman–Crippen MR) is 111 cm³/mol. The predicted octanol–water partition coefficient (Wildman–Crippen LogP) is 4.44. The minimum absolute atomic E-state index is 0.0268. The number of hydrogen-bond donors (Lipinski definition) is 0. The summed E-state index contributed by atoms with van der Waals surface area (Å²) in [4.78, 5) is 17.6. The van der Waals surface area contributed by atoms with Gasteiger partial charge in [-0.2, -0.15) is 5.10 Å². The molecule has 29 heavy (non-hydrogen) atoms. The van der Waals surface area contributed by atoms with Crippen LogP contribution in [-0.2, 0) is 19.7 Å². The molecular formula is C22H24ClN3O3. The fraction of sp³-hybridized carbons (Fsp3) is 0.409. The lowest BCUT2D eigenvalue weighted by atomic mass is 9.80. The van der Waals surface area contributed by atoms with Crippen molar-refractivity contribution in [1.82, 2.24) is 14.6 Å². The molecule has 0 radical (unpaired) electrons. The maximum atomic E-state index is 13.1. The highest BCUT2D eigenvalue weighted by molar-refractivity contribution is 6.30. The second-order valence-corrected chi connectivity index (χ2v) is 7.96. The molecule has 2 atom stereocenters. The van der Waals surface area contributed by atoms with Gasteiger partial charge in [-0.15, -0.1) is 0 Å². The molecule has 1 aliphatic rings. The first kappa shape index (κ1) is 19.9. The summed E-state index contributed by atoms with van der Waals surface area (Å²) < 4.78 is 13.0. The Morgan fingerprint density at radius 2 is 2.14 bits per heavy atom. The minimum Gasteiger partial charge on any atom is -0.465 e. The number of esters is 1. The molecule has 7 heteroatoms. The molecule has 3 aromatic rings. The summed E-state index contributed by atoms with van der Waals surface area (Å²) in [5, 5.41) is 5.24. The zero-order chi connectivity index (χ0) is 20.4. The second-order valence-electron chi connectivity index (χ2n) is 7.52. The number of halogens is 1. The number of fused-ring (bicyclic) bond motifs is 1. The molecule has 1 saturated heterocycles. The second kappa shape index (κ2) is 8.13. The van der Waals surface area contributed by atoms with Crippen LogP contribution in [0.3, 0.4) is 0 Å². The van der Waals surface area contributed by atoms with Crippen molar-refractivity contribution >= 4 is 23.2 Å². The Hall–Kier alpha value is -2.44. The first-order valence-electron chi connectivity index (χ1n) is 9.91. The van der Waals surface area contributed by atoms with Crippen molar-refractivity contribution in [3.8, 4) is 11.1 Å². The van der Waals surface area contributed by atoms with Crippen molar-refractivity contribution in [3.05, 3.63) is 53.4 Å². The van der Waals surface area contributed by atoms with Gasteiger partial charge < -0.3 is 9.47 Å². The van der Waals surface area contributed by atoms with E-state index >= 15 is 0 Å². The van der Waals surface area contributed by atoms with Crippen LogP contribution in [0.4, 0.5) is 0 Å². The fourth-order valence-corrected chi connectivity index (χ4v) is 4.11. The molecule has 2 aromatic heterocycles. The van der Waals surface area contributed by atoms with Crippen LogP contribution in [0.15, 0.2) is 42.7 Å². The fourth-order valence-electron chi connectivity index (χ4n) is 3.99. The van der Waals surface area contributed by atoms with Gasteiger partial charge in [0, 0.05) is 23.4 Å². The van der Waals surface area contributed by atoms with Gasteiger partial charge in [0.25, 0.3) is 0 Å². The van der Waals surface area contributed by atoms with Crippen LogP contribution in [0.25, 0.3) is 16.8 Å². The number of nitrogens with zero attached hydrogens (tertiary/aromatic N) is 3. The maximum absolute atomic E-state index is 13.1. The average Bonchev–Trinajstić information content (AvgIpc) is 3.38. The van der Waals surface area contributed by atoms with Crippen molar-refractivity contribution in [2.24, 2.45) is 0 Å². The summed E-state index contributed by atoms with van der Waals surface area (Å²) in [6.45, 7) is 4.78. The van der Waals surface area contributed by atoms with Crippen LogP contribution in [0.5, 0.6) is 0 Å². The molecule has 0 spiro atoms. The Bertz CT molecular complexity index is 1010. The van der Waals surface area contributed by atoms with E-state index in [1.54, 1.807) is 16.9 Å². The Morgan fingerprint density at radius 1 is 1.34 bits per heavy atom. The largest absolute Gasteiger partial charge is 0.465 e. The Balaban J connectivity index is 1.81. The smallest absolute Gasteiger partial charge is 0.317 e. The van der Waals surface area contributed by atoms with Crippen LogP contribution in [0.1, 0.15) is 38.8 Å². The highest BCUT2D eigenvalue weighted by Crippen LogP contribution is 2.35. The number of carbonyl (C=O) groups excluding carboxylic acids is 1. The highest BCUT2D eigenvalue weighted by atomic mass is 35.5. The first-order chi connectivity index (χ1) is 14.0. The van der Waals surface area contributed by atoms with E-state index in [-0.39, 0.29) is 12.1 Å². The lowest BCUT2D eigenvalue weighted by molar-refractivity contribution is -0.151. The third-order valence-corrected chi connectivity index (χ3v) is 5.76. The first-order valence-corrected chi connectivity index (χ1v) is 10.3. The van der Waals surface area contributed by atoms with Gasteiger partial charge in [0.05, 0.1) is 24.6 Å². The lowest BCUT2D eigenvalue weighted by Crippen LogP contribution is -2.39. The summed E-state index contributed by atoms with van der Waals surface area (Å²) in [5.74, 6) is -0.272. The van der Waals surface area contributed by atoms with E-state index in [0.29, 0.717) is 23.7 Å². The van der Waals surface area contributed by atoms with Gasteiger partial charge in [0.1, 0.15) is 5.41 Å². The van der Waals surface area contributed by atoms with Gasteiger partial charge in [0.15, 0.2) is 5.65 Å². The minimum atomic E-state index is -0.893. The Labute approximate surface area is 174 Å². The third kappa shape index (κ3) is 3.74. The molecule has 0 saturated carbocycles. The summed E-state index contributed by atoms with van der Waals surface area (Å²) in [5.41, 5.74) is 2.39. The lowest BCUT2D eigenvalue weighted by Gasteiger charge is -2.30. The monoisotopic (exact) mass is 413 g/mol. The van der Waals surface area contributed by atoms with E-state index < -0.39 is 5.41 Å². The van der Waals surface area contributed by atoms with Crippen molar-refractivity contribution in [2.75, 3.05) is 13.2 Å². The normalized spacial score (nSPS) is 18.7. The van der Waals surface area contributed by atoms with Gasteiger partial charge in [-0.1, -0.05) is 23.7 Å². The molecule has 0 amide bonds. The van der Waals surface area contributed by atoms with E-state index in [1.165, 1.54) is 0 Å². The van der Waals surface area contributed by atoms with Crippen molar-refractivity contribution in [1.29, 1.82) is 0 Å². The number of aromatic nitrogens is 3. The van der Waals surface area contributed by atoms with Gasteiger partial charge in [-0.05, 0) is 56.9 Å². The zero-order valence-electron chi connectivity index (χ0n) is 16.6. The molecule has 4 rings (SSSR count). The molecule has 0 bridgehead atoms. The summed E-state index contributed by atoms with van der Waals surface area (Å²) in [7, 11) is 0.